The average molecular weight is 291 g/mol. The number of carbonyl (C=O) groups excluding carboxylic acids is 2. The second-order valence-corrected chi connectivity index (χ2v) is 5.21. The molecule has 0 radical (unpaired) electrons. The molecule has 0 fully saturated rings. The molecular formula is C16H25N3O2. The maximum Gasteiger partial charge on any atom is 0.239 e. The molecule has 1 aromatic carbocycles. The van der Waals surface area contributed by atoms with E-state index >= 15 is 0 Å². The first-order chi connectivity index (χ1) is 10.0. The van der Waals surface area contributed by atoms with Gasteiger partial charge in [0.1, 0.15) is 0 Å². The Morgan fingerprint density at radius 2 is 1.90 bits per heavy atom. The molecule has 21 heavy (non-hydrogen) atoms. The Morgan fingerprint density at radius 3 is 2.48 bits per heavy atom. The van der Waals surface area contributed by atoms with E-state index < -0.39 is 11.9 Å². The van der Waals surface area contributed by atoms with Crippen LogP contribution in [-0.4, -0.2) is 29.3 Å². The van der Waals surface area contributed by atoms with Crippen LogP contribution in [0.15, 0.2) is 30.3 Å². The van der Waals surface area contributed by atoms with Gasteiger partial charge in [0.25, 0.3) is 0 Å². The van der Waals surface area contributed by atoms with Crippen molar-refractivity contribution in [1.82, 2.24) is 4.90 Å². The van der Waals surface area contributed by atoms with Crippen molar-refractivity contribution in [3.63, 3.8) is 0 Å². The molecule has 0 aliphatic rings. The molecule has 4 N–H and O–H groups in total. The molecule has 0 bridgehead atoms. The van der Waals surface area contributed by atoms with Crippen LogP contribution < -0.4 is 11.5 Å². The molecule has 0 heterocycles. The number of nitrogens with zero attached hydrogens (tertiary/aromatic N) is 1. The lowest BCUT2D eigenvalue weighted by atomic mass is 10.1. The van der Waals surface area contributed by atoms with E-state index in [1.807, 2.05) is 30.3 Å². The number of unbranched alkanes of at least 4 members (excludes halogenated alkanes) is 1. The van der Waals surface area contributed by atoms with Crippen LogP contribution in [0, 0.1) is 0 Å². The molecule has 5 nitrogen and oxygen atoms in total. The van der Waals surface area contributed by atoms with E-state index in [9.17, 15) is 9.59 Å². The molecule has 0 saturated carbocycles. The summed E-state index contributed by atoms with van der Waals surface area (Å²) in [7, 11) is 0. The maximum atomic E-state index is 12.4. The van der Waals surface area contributed by atoms with Crippen LogP contribution in [-0.2, 0) is 16.1 Å². The average Bonchev–Trinajstić information content (AvgIpc) is 2.49. The SMILES string of the molecule is CCCC[C@H](N)C(=O)N(CCC(N)=O)Cc1ccccc1. The molecule has 1 rings (SSSR count). The summed E-state index contributed by atoms with van der Waals surface area (Å²) >= 11 is 0. The molecule has 2 amide bonds. The van der Waals surface area contributed by atoms with E-state index in [2.05, 4.69) is 6.92 Å². The predicted molar refractivity (Wildman–Crippen MR) is 83.2 cm³/mol. The van der Waals surface area contributed by atoms with Crippen molar-refractivity contribution in [3.05, 3.63) is 35.9 Å². The zero-order chi connectivity index (χ0) is 15.7. The largest absolute Gasteiger partial charge is 0.370 e. The predicted octanol–water partition coefficient (Wildman–Crippen LogP) is 1.41. The fourth-order valence-electron chi connectivity index (χ4n) is 2.10. The van der Waals surface area contributed by atoms with E-state index in [1.165, 1.54) is 0 Å². The van der Waals surface area contributed by atoms with E-state index in [0.29, 0.717) is 19.5 Å². The van der Waals surface area contributed by atoms with Gasteiger partial charge in [0.15, 0.2) is 0 Å². The Kier molecular flexibility index (Phi) is 7.46. The topological polar surface area (TPSA) is 89.4 Å². The number of nitrogens with two attached hydrogens (primary N) is 2. The summed E-state index contributed by atoms with van der Waals surface area (Å²) in [5.74, 6) is -0.531. The second kappa shape index (κ2) is 9.13. The smallest absolute Gasteiger partial charge is 0.239 e. The first-order valence-corrected chi connectivity index (χ1v) is 7.41. The van der Waals surface area contributed by atoms with Crippen molar-refractivity contribution in [2.75, 3.05) is 6.54 Å². The minimum Gasteiger partial charge on any atom is -0.370 e. The van der Waals surface area contributed by atoms with Crippen molar-refractivity contribution in [1.29, 1.82) is 0 Å². The minimum atomic E-state index is -0.512. The van der Waals surface area contributed by atoms with Crippen molar-refractivity contribution in [3.8, 4) is 0 Å². The quantitative estimate of drug-likeness (QED) is 0.721. The number of carbonyl (C=O) groups is 2. The van der Waals surface area contributed by atoms with E-state index in [1.54, 1.807) is 4.90 Å². The van der Waals surface area contributed by atoms with Gasteiger partial charge in [-0.05, 0) is 12.0 Å². The molecule has 1 atom stereocenters. The highest BCUT2D eigenvalue weighted by Gasteiger charge is 2.21. The maximum absolute atomic E-state index is 12.4. The van der Waals surface area contributed by atoms with Crippen LogP contribution in [0.4, 0.5) is 0 Å². The van der Waals surface area contributed by atoms with Crippen molar-refractivity contribution >= 4 is 11.8 Å². The second-order valence-electron chi connectivity index (χ2n) is 5.21. The molecule has 116 valence electrons. The highest BCUT2D eigenvalue weighted by molar-refractivity contribution is 5.82. The standard InChI is InChI=1S/C16H25N3O2/c1-2-3-9-14(17)16(21)19(11-10-15(18)20)12-13-7-5-4-6-8-13/h4-8,14H,2-3,9-12,17H2,1H3,(H2,18,20)/t14-/m0/s1. The Bertz CT molecular complexity index is 448. The van der Waals surface area contributed by atoms with Gasteiger partial charge in [0, 0.05) is 19.5 Å². The molecule has 0 unspecified atom stereocenters. The van der Waals surface area contributed by atoms with Crippen molar-refractivity contribution < 1.29 is 9.59 Å². The summed E-state index contributed by atoms with van der Waals surface area (Å²) in [5.41, 5.74) is 12.2. The number of benzene rings is 1. The van der Waals surface area contributed by atoms with Crippen molar-refractivity contribution in [2.45, 2.75) is 45.2 Å². The Balaban J connectivity index is 2.71. The zero-order valence-electron chi connectivity index (χ0n) is 12.6. The van der Waals surface area contributed by atoms with Gasteiger partial charge >= 0.3 is 0 Å². The van der Waals surface area contributed by atoms with Gasteiger partial charge in [-0.2, -0.15) is 0 Å². The lowest BCUT2D eigenvalue weighted by Gasteiger charge is -2.25. The van der Waals surface area contributed by atoms with Gasteiger partial charge in [0.05, 0.1) is 6.04 Å². The van der Waals surface area contributed by atoms with Crippen LogP contribution >= 0.6 is 0 Å². The van der Waals surface area contributed by atoms with Gasteiger partial charge in [-0.1, -0.05) is 50.1 Å². The molecule has 1 aromatic rings. The highest BCUT2D eigenvalue weighted by atomic mass is 16.2. The Morgan fingerprint density at radius 1 is 1.24 bits per heavy atom. The van der Waals surface area contributed by atoms with E-state index in [0.717, 1.165) is 18.4 Å². The summed E-state index contributed by atoms with van der Waals surface area (Å²) < 4.78 is 0. The molecule has 5 heteroatoms. The third kappa shape index (κ3) is 6.40. The monoisotopic (exact) mass is 291 g/mol. The molecule has 0 aliphatic heterocycles. The Labute approximate surface area is 126 Å². The first kappa shape index (κ1) is 17.2. The third-order valence-corrected chi connectivity index (χ3v) is 3.34. The van der Waals surface area contributed by atoms with E-state index in [4.69, 9.17) is 11.5 Å². The van der Waals surface area contributed by atoms with Crippen LogP contribution in [0.1, 0.15) is 38.2 Å². The highest BCUT2D eigenvalue weighted by Crippen LogP contribution is 2.09. The fraction of sp³-hybridized carbons (Fsp3) is 0.500. The number of rotatable bonds is 9. The molecular weight excluding hydrogens is 266 g/mol. The lowest BCUT2D eigenvalue weighted by Crippen LogP contribution is -2.44. The van der Waals surface area contributed by atoms with Gasteiger partial charge in [-0.15, -0.1) is 0 Å². The van der Waals surface area contributed by atoms with E-state index in [-0.39, 0.29) is 12.3 Å². The molecule has 0 aliphatic carbocycles. The molecule has 0 spiro atoms. The molecule has 0 aromatic heterocycles. The third-order valence-electron chi connectivity index (χ3n) is 3.34. The Hall–Kier alpha value is -1.88. The van der Waals surface area contributed by atoms with Crippen LogP contribution in [0.3, 0.4) is 0 Å². The summed E-state index contributed by atoms with van der Waals surface area (Å²) in [4.78, 5) is 25.0. The molecule has 0 saturated heterocycles. The fourth-order valence-corrected chi connectivity index (χ4v) is 2.10. The minimum absolute atomic E-state index is 0.117. The summed E-state index contributed by atoms with van der Waals surface area (Å²) in [6.07, 6.45) is 2.74. The summed E-state index contributed by atoms with van der Waals surface area (Å²) in [6, 6.07) is 9.14. The first-order valence-electron chi connectivity index (χ1n) is 7.41. The van der Waals surface area contributed by atoms with Gasteiger partial charge < -0.3 is 16.4 Å². The van der Waals surface area contributed by atoms with Crippen LogP contribution in [0.5, 0.6) is 0 Å². The van der Waals surface area contributed by atoms with Gasteiger partial charge in [0.2, 0.25) is 11.8 Å². The lowest BCUT2D eigenvalue weighted by molar-refractivity contribution is -0.133. The number of hydrogen-bond acceptors (Lipinski definition) is 3. The van der Waals surface area contributed by atoms with Crippen LogP contribution in [0.25, 0.3) is 0 Å². The van der Waals surface area contributed by atoms with Crippen molar-refractivity contribution in [2.24, 2.45) is 11.5 Å². The number of primary amides is 1. The zero-order valence-corrected chi connectivity index (χ0v) is 12.6. The van der Waals surface area contributed by atoms with Crippen LogP contribution in [0.2, 0.25) is 0 Å². The number of hydrogen-bond donors (Lipinski definition) is 2. The summed E-state index contributed by atoms with van der Waals surface area (Å²) in [6.45, 7) is 2.82. The van der Waals surface area contributed by atoms with Gasteiger partial charge in [-0.25, -0.2) is 0 Å². The number of amides is 2. The van der Waals surface area contributed by atoms with Gasteiger partial charge in [-0.3, -0.25) is 9.59 Å². The normalized spacial score (nSPS) is 11.9. The summed E-state index contributed by atoms with van der Waals surface area (Å²) in [5, 5.41) is 0.